The highest BCUT2D eigenvalue weighted by molar-refractivity contribution is 6.30. The first-order valence-corrected chi connectivity index (χ1v) is 7.48. The van der Waals surface area contributed by atoms with Crippen molar-refractivity contribution in [2.24, 2.45) is 0 Å². The van der Waals surface area contributed by atoms with Gasteiger partial charge in [0.25, 0.3) is 0 Å². The van der Waals surface area contributed by atoms with Crippen molar-refractivity contribution in [3.63, 3.8) is 0 Å². The van der Waals surface area contributed by atoms with Crippen LogP contribution in [0.4, 0.5) is 31.9 Å². The lowest BCUT2D eigenvalue weighted by molar-refractivity contribution is 0.509. The van der Waals surface area contributed by atoms with Crippen LogP contribution >= 0.6 is 11.6 Å². The molecule has 2 N–H and O–H groups in total. The van der Waals surface area contributed by atoms with E-state index in [2.05, 4.69) is 20.6 Å². The van der Waals surface area contributed by atoms with E-state index < -0.39 is 11.6 Å². The molecular formula is C17H13ClF2N4. The van der Waals surface area contributed by atoms with Crippen molar-refractivity contribution >= 4 is 34.7 Å². The average molecular weight is 347 g/mol. The third-order valence-electron chi connectivity index (χ3n) is 3.15. The van der Waals surface area contributed by atoms with Crippen LogP contribution in [0.15, 0.2) is 48.5 Å². The predicted octanol–water partition coefficient (Wildman–Crippen LogP) is 5.20. The van der Waals surface area contributed by atoms with Crippen molar-refractivity contribution in [3.05, 3.63) is 70.9 Å². The lowest BCUT2D eigenvalue weighted by atomic mass is 10.3. The van der Waals surface area contributed by atoms with Gasteiger partial charge in [0, 0.05) is 34.2 Å². The number of nitrogens with one attached hydrogen (secondary N) is 2. The van der Waals surface area contributed by atoms with E-state index in [0.29, 0.717) is 28.2 Å². The van der Waals surface area contributed by atoms with E-state index in [0.717, 1.165) is 17.8 Å². The van der Waals surface area contributed by atoms with Gasteiger partial charge in [-0.15, -0.1) is 0 Å². The third kappa shape index (κ3) is 3.97. The SMILES string of the molecule is Cc1cc(Nc2ccc(F)c(F)c2)nc(Nc2ccc(Cl)cc2)n1. The smallest absolute Gasteiger partial charge is 0.229 e. The van der Waals surface area contributed by atoms with Crippen LogP contribution in [0.1, 0.15) is 5.69 Å². The van der Waals surface area contributed by atoms with Gasteiger partial charge < -0.3 is 10.6 Å². The minimum absolute atomic E-state index is 0.377. The number of hydrogen-bond donors (Lipinski definition) is 2. The Kier molecular flexibility index (Phi) is 4.57. The highest BCUT2D eigenvalue weighted by Gasteiger charge is 2.06. The maximum Gasteiger partial charge on any atom is 0.229 e. The lowest BCUT2D eigenvalue weighted by Gasteiger charge is -2.10. The van der Waals surface area contributed by atoms with Crippen LogP contribution in [0.5, 0.6) is 0 Å². The monoisotopic (exact) mass is 346 g/mol. The van der Waals surface area contributed by atoms with Crippen molar-refractivity contribution in [1.29, 1.82) is 0 Å². The predicted molar refractivity (Wildman–Crippen MR) is 91.1 cm³/mol. The summed E-state index contributed by atoms with van der Waals surface area (Å²) in [7, 11) is 0. The molecule has 0 unspecified atom stereocenters. The van der Waals surface area contributed by atoms with Crippen LogP contribution < -0.4 is 10.6 Å². The molecule has 0 bridgehead atoms. The molecule has 122 valence electrons. The molecule has 0 atom stereocenters. The van der Waals surface area contributed by atoms with Crippen LogP contribution in [-0.4, -0.2) is 9.97 Å². The standard InChI is InChI=1S/C17H13ClF2N4/c1-10-8-16(22-13-6-7-14(19)15(20)9-13)24-17(21-10)23-12-4-2-11(18)3-5-12/h2-9H,1H3,(H2,21,22,23,24). The highest BCUT2D eigenvalue weighted by atomic mass is 35.5. The Bertz CT molecular complexity index is 869. The van der Waals surface area contributed by atoms with Gasteiger partial charge in [-0.25, -0.2) is 13.8 Å². The second-order valence-electron chi connectivity index (χ2n) is 5.10. The molecule has 0 aliphatic heterocycles. The molecule has 1 aromatic heterocycles. The van der Waals surface area contributed by atoms with E-state index in [4.69, 9.17) is 11.6 Å². The highest BCUT2D eigenvalue weighted by Crippen LogP contribution is 2.21. The van der Waals surface area contributed by atoms with E-state index in [-0.39, 0.29) is 0 Å². The summed E-state index contributed by atoms with van der Waals surface area (Å²) in [5.74, 6) is -0.984. The molecule has 1 heterocycles. The molecule has 3 aromatic rings. The topological polar surface area (TPSA) is 49.8 Å². The number of rotatable bonds is 4. The summed E-state index contributed by atoms with van der Waals surface area (Å²) < 4.78 is 26.3. The Morgan fingerprint density at radius 3 is 2.25 bits per heavy atom. The van der Waals surface area contributed by atoms with Crippen LogP contribution in [-0.2, 0) is 0 Å². The van der Waals surface area contributed by atoms with E-state index in [1.54, 1.807) is 30.3 Å². The molecular weight excluding hydrogens is 334 g/mol. The van der Waals surface area contributed by atoms with Gasteiger partial charge in [-0.1, -0.05) is 11.6 Å². The molecule has 3 rings (SSSR count). The maximum absolute atomic E-state index is 13.3. The van der Waals surface area contributed by atoms with Crippen molar-refractivity contribution in [2.45, 2.75) is 6.92 Å². The van der Waals surface area contributed by atoms with Gasteiger partial charge in [0.15, 0.2) is 11.6 Å². The summed E-state index contributed by atoms with van der Waals surface area (Å²) in [5, 5.41) is 6.62. The third-order valence-corrected chi connectivity index (χ3v) is 3.40. The first-order chi connectivity index (χ1) is 11.5. The Balaban J connectivity index is 1.82. The molecule has 0 spiro atoms. The molecule has 0 saturated carbocycles. The van der Waals surface area contributed by atoms with Crippen LogP contribution in [0.25, 0.3) is 0 Å². The number of anilines is 4. The van der Waals surface area contributed by atoms with Crippen LogP contribution in [0, 0.1) is 18.6 Å². The second kappa shape index (κ2) is 6.80. The van der Waals surface area contributed by atoms with E-state index >= 15 is 0 Å². The minimum atomic E-state index is -0.926. The van der Waals surface area contributed by atoms with E-state index in [9.17, 15) is 8.78 Å². The largest absolute Gasteiger partial charge is 0.340 e. The number of hydrogen-bond acceptors (Lipinski definition) is 4. The van der Waals surface area contributed by atoms with Crippen molar-refractivity contribution in [2.75, 3.05) is 10.6 Å². The summed E-state index contributed by atoms with van der Waals surface area (Å²) in [6, 6.07) is 12.4. The van der Waals surface area contributed by atoms with Gasteiger partial charge in [-0.3, -0.25) is 0 Å². The zero-order valence-electron chi connectivity index (χ0n) is 12.6. The van der Waals surface area contributed by atoms with Crippen molar-refractivity contribution in [1.82, 2.24) is 9.97 Å². The Hall–Kier alpha value is -2.73. The van der Waals surface area contributed by atoms with E-state index in [1.807, 2.05) is 6.92 Å². The van der Waals surface area contributed by atoms with Gasteiger partial charge >= 0.3 is 0 Å². The number of benzene rings is 2. The van der Waals surface area contributed by atoms with Crippen molar-refractivity contribution in [3.8, 4) is 0 Å². The van der Waals surface area contributed by atoms with Gasteiger partial charge in [-0.05, 0) is 43.3 Å². The molecule has 0 aliphatic carbocycles. The summed E-state index contributed by atoms with van der Waals surface area (Å²) in [6.07, 6.45) is 0. The van der Waals surface area contributed by atoms with Crippen LogP contribution in [0.2, 0.25) is 5.02 Å². The zero-order chi connectivity index (χ0) is 17.1. The molecule has 0 saturated heterocycles. The molecule has 0 fully saturated rings. The molecule has 2 aromatic carbocycles. The average Bonchev–Trinajstić information content (AvgIpc) is 2.53. The second-order valence-corrected chi connectivity index (χ2v) is 5.54. The maximum atomic E-state index is 13.3. The van der Waals surface area contributed by atoms with Crippen LogP contribution in [0.3, 0.4) is 0 Å². The van der Waals surface area contributed by atoms with Gasteiger partial charge in [-0.2, -0.15) is 4.98 Å². The quantitative estimate of drug-likeness (QED) is 0.681. The molecule has 4 nitrogen and oxygen atoms in total. The molecule has 24 heavy (non-hydrogen) atoms. The Labute approximate surface area is 142 Å². The van der Waals surface area contributed by atoms with Gasteiger partial charge in [0.2, 0.25) is 5.95 Å². The fraction of sp³-hybridized carbons (Fsp3) is 0.0588. The van der Waals surface area contributed by atoms with E-state index in [1.165, 1.54) is 6.07 Å². The molecule has 0 aliphatic rings. The Morgan fingerprint density at radius 2 is 1.54 bits per heavy atom. The first kappa shape index (κ1) is 16.1. The summed E-state index contributed by atoms with van der Waals surface area (Å²) in [4.78, 5) is 8.61. The first-order valence-electron chi connectivity index (χ1n) is 7.10. The van der Waals surface area contributed by atoms with Gasteiger partial charge in [0.1, 0.15) is 5.82 Å². The number of nitrogens with zero attached hydrogens (tertiary/aromatic N) is 2. The number of aromatic nitrogens is 2. The lowest BCUT2D eigenvalue weighted by Crippen LogP contribution is -2.02. The normalized spacial score (nSPS) is 10.5. The fourth-order valence-electron chi connectivity index (χ4n) is 2.07. The van der Waals surface area contributed by atoms with Gasteiger partial charge in [0.05, 0.1) is 0 Å². The fourth-order valence-corrected chi connectivity index (χ4v) is 2.20. The number of aryl methyl sites for hydroxylation is 1. The minimum Gasteiger partial charge on any atom is -0.340 e. The summed E-state index contributed by atoms with van der Waals surface area (Å²) >= 11 is 5.85. The molecule has 7 heteroatoms. The zero-order valence-corrected chi connectivity index (χ0v) is 13.4. The molecule has 0 amide bonds. The summed E-state index contributed by atoms with van der Waals surface area (Å²) in [6.45, 7) is 1.81. The summed E-state index contributed by atoms with van der Waals surface area (Å²) in [5.41, 5.74) is 1.89. The Morgan fingerprint density at radius 1 is 0.833 bits per heavy atom. The van der Waals surface area contributed by atoms with Crippen molar-refractivity contribution < 1.29 is 8.78 Å². The molecule has 0 radical (unpaired) electrons. The number of halogens is 3.